The molecule has 4 nitrogen and oxygen atoms in total. The molecular formula is C8H13Br3N2O2. The van der Waals surface area contributed by atoms with Gasteiger partial charge in [0.15, 0.2) is 0 Å². The summed E-state index contributed by atoms with van der Waals surface area (Å²) in [4.78, 5) is 2.16. The highest BCUT2D eigenvalue weighted by atomic mass is 79.9. The first-order chi connectivity index (χ1) is 7.16. The van der Waals surface area contributed by atoms with E-state index in [4.69, 9.17) is 9.47 Å². The molecule has 0 spiro atoms. The van der Waals surface area contributed by atoms with Crippen LogP contribution in [0.4, 0.5) is 0 Å². The molecule has 0 aliphatic carbocycles. The number of ether oxygens (including phenoxy) is 2. The van der Waals surface area contributed by atoms with Crippen LogP contribution in [0.25, 0.3) is 0 Å². The topological polar surface area (TPSA) is 24.9 Å². The molecule has 0 aromatic rings. The SMILES string of the molecule is COCCOCCN1CN(Br)C(Br)=C1Br. The number of nitrogens with zero attached hydrogens (tertiary/aromatic N) is 2. The van der Waals surface area contributed by atoms with E-state index in [0.717, 1.165) is 22.4 Å². The van der Waals surface area contributed by atoms with Crippen molar-refractivity contribution in [3.8, 4) is 0 Å². The zero-order valence-corrected chi connectivity index (χ0v) is 13.1. The highest BCUT2D eigenvalue weighted by Gasteiger charge is 2.23. The molecule has 0 unspecified atom stereocenters. The zero-order valence-electron chi connectivity index (χ0n) is 8.38. The van der Waals surface area contributed by atoms with Crippen LogP contribution in [0.5, 0.6) is 0 Å². The van der Waals surface area contributed by atoms with Gasteiger partial charge < -0.3 is 14.4 Å². The second kappa shape index (κ2) is 7.11. The van der Waals surface area contributed by atoms with Crippen molar-refractivity contribution in [1.82, 2.24) is 8.83 Å². The van der Waals surface area contributed by atoms with Crippen LogP contribution in [0, 0.1) is 0 Å². The van der Waals surface area contributed by atoms with Crippen LogP contribution >= 0.6 is 48.0 Å². The standard InChI is InChI=1S/C8H13Br3N2O2/c1-14-4-5-15-3-2-12-6-13(11)8(10)7(12)9/h2-6H2,1H3. The van der Waals surface area contributed by atoms with Gasteiger partial charge in [0, 0.05) is 13.7 Å². The van der Waals surface area contributed by atoms with Crippen LogP contribution < -0.4 is 0 Å². The molecule has 0 aromatic carbocycles. The summed E-state index contributed by atoms with van der Waals surface area (Å²) in [5.41, 5.74) is 0. The summed E-state index contributed by atoms with van der Waals surface area (Å²) in [5.74, 6) is 0. The summed E-state index contributed by atoms with van der Waals surface area (Å²) in [5, 5.41) is 0. The Morgan fingerprint density at radius 3 is 2.47 bits per heavy atom. The van der Waals surface area contributed by atoms with E-state index in [1.54, 1.807) is 7.11 Å². The lowest BCUT2D eigenvalue weighted by molar-refractivity contribution is 0.0622. The molecule has 1 aliphatic rings. The monoisotopic (exact) mass is 406 g/mol. The van der Waals surface area contributed by atoms with Gasteiger partial charge in [0.1, 0.15) is 15.9 Å². The van der Waals surface area contributed by atoms with Crippen molar-refractivity contribution in [2.24, 2.45) is 0 Å². The maximum absolute atomic E-state index is 5.40. The van der Waals surface area contributed by atoms with Crippen molar-refractivity contribution in [1.29, 1.82) is 0 Å². The Balaban J connectivity index is 2.18. The normalized spacial score (nSPS) is 16.8. The van der Waals surface area contributed by atoms with E-state index in [0.29, 0.717) is 19.8 Å². The fourth-order valence-corrected chi connectivity index (χ4v) is 2.64. The molecule has 0 bridgehead atoms. The van der Waals surface area contributed by atoms with Gasteiger partial charge in [-0.05, 0) is 31.9 Å². The molecule has 1 heterocycles. The summed E-state index contributed by atoms with van der Waals surface area (Å²) >= 11 is 10.4. The Bertz CT molecular complexity index is 238. The largest absolute Gasteiger partial charge is 0.382 e. The van der Waals surface area contributed by atoms with E-state index in [9.17, 15) is 0 Å². The maximum atomic E-state index is 5.40. The molecule has 7 heteroatoms. The van der Waals surface area contributed by atoms with Gasteiger partial charge in [-0.1, -0.05) is 0 Å². The highest BCUT2D eigenvalue weighted by Crippen LogP contribution is 2.33. The zero-order chi connectivity index (χ0) is 11.3. The summed E-state index contributed by atoms with van der Waals surface area (Å²) < 4.78 is 14.3. The Labute approximate surface area is 115 Å². The third-order valence-electron chi connectivity index (χ3n) is 1.89. The predicted octanol–water partition coefficient (Wildman–Crippen LogP) is 2.45. The van der Waals surface area contributed by atoms with Gasteiger partial charge >= 0.3 is 0 Å². The number of rotatable bonds is 6. The molecule has 0 aromatic heterocycles. The van der Waals surface area contributed by atoms with Gasteiger partial charge in [0.2, 0.25) is 0 Å². The van der Waals surface area contributed by atoms with Crippen molar-refractivity contribution in [3.63, 3.8) is 0 Å². The van der Waals surface area contributed by atoms with E-state index in [-0.39, 0.29) is 0 Å². The van der Waals surface area contributed by atoms with Gasteiger partial charge in [0.05, 0.1) is 36.0 Å². The predicted molar refractivity (Wildman–Crippen MR) is 69.9 cm³/mol. The maximum Gasteiger partial charge on any atom is 0.123 e. The smallest absolute Gasteiger partial charge is 0.123 e. The minimum atomic E-state index is 0.644. The first kappa shape index (κ1) is 13.8. The molecule has 0 amide bonds. The number of methoxy groups -OCH3 is 1. The summed E-state index contributed by atoms with van der Waals surface area (Å²) in [6, 6.07) is 0. The lowest BCUT2D eigenvalue weighted by atomic mass is 10.6. The Hall–Kier alpha value is 0.700. The average molecular weight is 409 g/mol. The molecule has 88 valence electrons. The molecule has 15 heavy (non-hydrogen) atoms. The Morgan fingerprint density at radius 1 is 1.20 bits per heavy atom. The van der Waals surface area contributed by atoms with Crippen LogP contribution in [-0.2, 0) is 9.47 Å². The molecule has 0 radical (unpaired) electrons. The van der Waals surface area contributed by atoms with Crippen LogP contribution in [0.15, 0.2) is 9.21 Å². The van der Waals surface area contributed by atoms with Crippen LogP contribution in [0.3, 0.4) is 0 Å². The number of hydrogen-bond donors (Lipinski definition) is 0. The fourth-order valence-electron chi connectivity index (χ4n) is 1.09. The third kappa shape index (κ3) is 4.22. The first-order valence-corrected chi connectivity index (χ1v) is 6.76. The van der Waals surface area contributed by atoms with Crippen LogP contribution in [0.1, 0.15) is 0 Å². The second-order valence-electron chi connectivity index (χ2n) is 2.95. The third-order valence-corrected chi connectivity index (χ3v) is 5.16. The Kier molecular flexibility index (Phi) is 6.52. The molecule has 1 rings (SSSR count). The lowest BCUT2D eigenvalue weighted by Gasteiger charge is -2.18. The quantitative estimate of drug-likeness (QED) is 0.383. The van der Waals surface area contributed by atoms with Gasteiger partial charge in [-0.15, -0.1) is 0 Å². The lowest BCUT2D eigenvalue weighted by Crippen LogP contribution is -2.26. The molecule has 0 fully saturated rings. The van der Waals surface area contributed by atoms with E-state index >= 15 is 0 Å². The summed E-state index contributed by atoms with van der Waals surface area (Å²) in [6.45, 7) is 3.63. The molecule has 1 aliphatic heterocycles. The van der Waals surface area contributed by atoms with Crippen molar-refractivity contribution in [2.75, 3.05) is 40.1 Å². The van der Waals surface area contributed by atoms with Gasteiger partial charge in [-0.2, -0.15) is 0 Å². The van der Waals surface area contributed by atoms with E-state index in [1.165, 1.54) is 0 Å². The fraction of sp³-hybridized carbons (Fsp3) is 0.750. The van der Waals surface area contributed by atoms with Gasteiger partial charge in [0.25, 0.3) is 0 Å². The first-order valence-electron chi connectivity index (χ1n) is 4.47. The summed E-state index contributed by atoms with van der Waals surface area (Å²) in [6.07, 6.45) is 0. The Morgan fingerprint density at radius 2 is 1.93 bits per heavy atom. The van der Waals surface area contributed by atoms with E-state index in [2.05, 4.69) is 52.9 Å². The highest BCUT2D eigenvalue weighted by molar-refractivity contribution is 9.15. The molecular weight excluding hydrogens is 396 g/mol. The van der Waals surface area contributed by atoms with Crippen LogP contribution in [0.2, 0.25) is 0 Å². The van der Waals surface area contributed by atoms with E-state index in [1.807, 2.05) is 3.93 Å². The van der Waals surface area contributed by atoms with Gasteiger partial charge in [-0.3, -0.25) is 3.93 Å². The molecule has 0 saturated carbocycles. The molecule has 0 atom stereocenters. The van der Waals surface area contributed by atoms with Gasteiger partial charge in [-0.25, -0.2) is 0 Å². The molecule has 0 saturated heterocycles. The van der Waals surface area contributed by atoms with E-state index < -0.39 is 0 Å². The van der Waals surface area contributed by atoms with Crippen LogP contribution in [-0.4, -0.2) is 49.0 Å². The van der Waals surface area contributed by atoms with Crippen molar-refractivity contribution in [3.05, 3.63) is 9.21 Å². The van der Waals surface area contributed by atoms with Crippen molar-refractivity contribution >= 4 is 48.0 Å². The summed E-state index contributed by atoms with van der Waals surface area (Å²) in [7, 11) is 1.67. The molecule has 0 N–H and O–H groups in total. The van der Waals surface area contributed by atoms with Crippen molar-refractivity contribution < 1.29 is 9.47 Å². The average Bonchev–Trinajstić information content (AvgIpc) is 2.46. The second-order valence-corrected chi connectivity index (χ2v) is 5.31. The minimum Gasteiger partial charge on any atom is -0.382 e. The minimum absolute atomic E-state index is 0.644. The van der Waals surface area contributed by atoms with Crippen molar-refractivity contribution in [2.45, 2.75) is 0 Å². The number of halogens is 3. The number of hydrogen-bond acceptors (Lipinski definition) is 4.